The van der Waals surface area contributed by atoms with E-state index in [1.54, 1.807) is 45.0 Å². The third-order valence-electron chi connectivity index (χ3n) is 15.3. The first kappa shape index (κ1) is 85.0. The molecular weight excluding hydrogens is 1330 g/mol. The smallest absolute Gasteiger partial charge is 0.237 e. The van der Waals surface area contributed by atoms with Crippen LogP contribution in [0.2, 0.25) is 0 Å². The summed E-state index contributed by atoms with van der Waals surface area (Å²) in [5, 5.41) is 106. The zero-order valence-electron chi connectivity index (χ0n) is 55.8. The SMILES string of the molecule is CC(=O)NC1C(CCCOCCOCCNC(=O)C(Cc2ccc(OP([O-])(=S)C(C)(C)C)cc2)N(CC(=O)NCCOCCOCCOC2OC(CO)C(O)C(O)C2NC(C)=O)CC(=O)NCCOCCOCCOC2OC(CO)C(O)C(O)C2NC(C)=O)OC(CO)C(O)C1O. The van der Waals surface area contributed by atoms with Gasteiger partial charge in [0.2, 0.25) is 35.4 Å². The second-order valence-electron chi connectivity index (χ2n) is 24.0. The van der Waals surface area contributed by atoms with Crippen LogP contribution in [0.5, 0.6) is 5.75 Å². The van der Waals surface area contributed by atoms with Crippen molar-refractivity contribution in [1.82, 2.24) is 36.8 Å². The van der Waals surface area contributed by atoms with Crippen LogP contribution in [0, 0.1) is 0 Å². The molecule has 1 aromatic rings. The van der Waals surface area contributed by atoms with Crippen LogP contribution in [-0.2, 0) is 99.1 Å². The summed E-state index contributed by atoms with van der Waals surface area (Å²) in [6.45, 7) is 3.36. The largest absolute Gasteiger partial charge is 0.791 e. The second kappa shape index (κ2) is 44.8. The molecule has 0 spiro atoms. The van der Waals surface area contributed by atoms with Gasteiger partial charge in [-0.1, -0.05) is 44.7 Å². The summed E-state index contributed by atoms with van der Waals surface area (Å²) in [6.07, 6.45) is -14.5. The number of carbonyl (C=O) groups excluding carboxylic acids is 6. The molecule has 0 aromatic heterocycles. The number of aliphatic hydroxyl groups is 9. The number of nitrogens with zero attached hydrogens (tertiary/aromatic N) is 1. The molecule has 0 bridgehead atoms. The van der Waals surface area contributed by atoms with E-state index < -0.39 is 178 Å². The molecule has 97 heavy (non-hydrogen) atoms. The number of hydrogen-bond acceptors (Lipinski definition) is 30. The Balaban J connectivity index is 1.35. The summed E-state index contributed by atoms with van der Waals surface area (Å²) in [4.78, 5) is 92.0. The molecule has 558 valence electrons. The Morgan fingerprint density at radius 2 is 0.897 bits per heavy atom. The van der Waals surface area contributed by atoms with E-state index >= 15 is 0 Å². The third-order valence-corrected chi connectivity index (χ3v) is 19.3. The Morgan fingerprint density at radius 3 is 1.31 bits per heavy atom. The Morgan fingerprint density at radius 1 is 0.526 bits per heavy atom. The minimum atomic E-state index is -3.56. The van der Waals surface area contributed by atoms with Gasteiger partial charge in [-0.15, -0.1) is 0 Å². The monoisotopic (exact) mass is 1430 g/mol. The molecule has 1 aromatic carbocycles. The molecule has 37 heteroatoms. The van der Waals surface area contributed by atoms with Crippen molar-refractivity contribution in [3.05, 3.63) is 29.8 Å². The lowest BCUT2D eigenvalue weighted by Crippen LogP contribution is -2.64. The minimum Gasteiger partial charge on any atom is -0.791 e. The molecule has 15 N–H and O–H groups in total. The molecule has 4 rings (SSSR count). The molecular formula is C60H103N7O28PS-. The molecule has 35 nitrogen and oxygen atoms in total. The fourth-order valence-corrected chi connectivity index (χ4v) is 11.0. The zero-order chi connectivity index (χ0) is 71.7. The van der Waals surface area contributed by atoms with Crippen molar-refractivity contribution in [2.75, 3.05) is 145 Å². The summed E-state index contributed by atoms with van der Waals surface area (Å²) >= 11 is 5.33. The molecule has 6 amide bonds. The fraction of sp³-hybridized carbons (Fsp3) is 0.800. The van der Waals surface area contributed by atoms with Crippen LogP contribution in [0.1, 0.15) is 59.9 Å². The number of aliphatic hydroxyl groups excluding tert-OH is 9. The highest BCUT2D eigenvalue weighted by Gasteiger charge is 2.48. The van der Waals surface area contributed by atoms with E-state index in [9.17, 15) is 79.6 Å². The number of nitrogens with one attached hydrogen (secondary N) is 6. The van der Waals surface area contributed by atoms with E-state index in [1.165, 1.54) is 25.7 Å². The Labute approximate surface area is 569 Å². The highest BCUT2D eigenvalue weighted by atomic mass is 32.5. The standard InChI is InChI=1S/C60H104N7O28PS/c1-36(71)64-48-42(92-43(33-68)51(76)54(48)79)8-7-16-84-20-21-87-19-15-63-57(82)41(30-39-9-11-40(12-10-39)95-96(83,97)60(4,5)6)67(31-46(74)61-13-17-85-22-24-88-26-28-90-58-49(65-37(2)72)55(80)52(77)44(34-69)93-58)32-47(75)62-14-18-86-23-25-89-27-29-91-59-50(66-38(3)73)56(81)53(78)45(35-70)94-59/h9-12,41-45,48-56,58-59,68-70,76-81H,7-8,13-35H2,1-6H3,(H,61,74)(H,62,75)(H,63,82)(H,64,71)(H,65,72)(H,66,73)(H,83,97)/p-1. The summed E-state index contributed by atoms with van der Waals surface area (Å²) in [7, 11) is 0. The average molecular weight is 1430 g/mol. The van der Waals surface area contributed by atoms with Crippen molar-refractivity contribution < 1.29 is 136 Å². The molecule has 3 fully saturated rings. The first-order chi connectivity index (χ1) is 46.1. The van der Waals surface area contributed by atoms with Crippen molar-refractivity contribution in [2.24, 2.45) is 0 Å². The van der Waals surface area contributed by atoms with Gasteiger partial charge in [0.15, 0.2) is 12.6 Å². The molecule has 3 heterocycles. The van der Waals surface area contributed by atoms with Crippen LogP contribution in [0.3, 0.4) is 0 Å². The quantitative estimate of drug-likeness (QED) is 0.0213. The molecule has 0 saturated carbocycles. The number of carbonyl (C=O) groups is 6. The number of rotatable bonds is 46. The van der Waals surface area contributed by atoms with E-state index in [0.29, 0.717) is 18.4 Å². The number of hydrogen-bond donors (Lipinski definition) is 15. The van der Waals surface area contributed by atoms with Crippen molar-refractivity contribution in [2.45, 2.75) is 164 Å². The highest BCUT2D eigenvalue weighted by Crippen LogP contribution is 2.51. The Bertz CT molecular complexity index is 2450. The normalized spacial score (nSPS) is 26.9. The second-order valence-corrected chi connectivity index (χ2v) is 28.0. The van der Waals surface area contributed by atoms with Crippen LogP contribution in [-0.4, -0.2) is 334 Å². The van der Waals surface area contributed by atoms with E-state index in [0.717, 1.165) is 0 Å². The fourth-order valence-electron chi connectivity index (χ4n) is 10.1. The average Bonchev–Trinajstić information content (AvgIpc) is 0.841. The van der Waals surface area contributed by atoms with E-state index in [-0.39, 0.29) is 124 Å². The maximum Gasteiger partial charge on any atom is 0.237 e. The summed E-state index contributed by atoms with van der Waals surface area (Å²) in [5.41, 5.74) is 0.560. The van der Waals surface area contributed by atoms with E-state index in [1.807, 2.05) is 0 Å². The lowest BCUT2D eigenvalue weighted by atomic mass is 9.90. The summed E-state index contributed by atoms with van der Waals surface area (Å²) in [5.74, 6) is -2.97. The third kappa shape index (κ3) is 30.0. The number of benzene rings is 1. The first-order valence-electron chi connectivity index (χ1n) is 32.2. The van der Waals surface area contributed by atoms with Crippen LogP contribution in [0.15, 0.2) is 24.3 Å². The van der Waals surface area contributed by atoms with E-state index in [4.69, 9.17) is 68.4 Å². The van der Waals surface area contributed by atoms with Crippen LogP contribution >= 0.6 is 6.49 Å². The summed E-state index contributed by atoms with van der Waals surface area (Å²) < 4.78 is 67.8. The highest BCUT2D eigenvalue weighted by molar-refractivity contribution is 8.09. The van der Waals surface area contributed by atoms with Gasteiger partial charge >= 0.3 is 0 Å². The molecule has 3 aliphatic heterocycles. The topological polar surface area (TPSA) is 494 Å². The molecule has 3 aliphatic rings. The molecule has 0 aliphatic carbocycles. The van der Waals surface area contributed by atoms with Gasteiger partial charge in [-0.2, -0.15) is 0 Å². The minimum absolute atomic E-state index is 0.00284. The summed E-state index contributed by atoms with van der Waals surface area (Å²) in [6, 6.07) is 2.04. The van der Waals surface area contributed by atoms with Gasteiger partial charge in [0.25, 0.3) is 0 Å². The van der Waals surface area contributed by atoms with E-state index in [2.05, 4.69) is 31.9 Å². The van der Waals surface area contributed by atoms with Crippen molar-refractivity contribution >= 4 is 53.7 Å². The molecule has 17 unspecified atom stereocenters. The van der Waals surface area contributed by atoms with Gasteiger partial charge in [0.05, 0.1) is 143 Å². The lowest BCUT2D eigenvalue weighted by molar-refractivity contribution is -0.272. The van der Waals surface area contributed by atoms with Gasteiger partial charge in [0.1, 0.15) is 72.8 Å². The van der Waals surface area contributed by atoms with Crippen LogP contribution < -0.4 is 41.3 Å². The first-order valence-corrected chi connectivity index (χ1v) is 34.8. The zero-order valence-corrected chi connectivity index (χ0v) is 57.5. The number of ether oxygens (including phenoxy) is 11. The molecule has 17 atom stereocenters. The van der Waals surface area contributed by atoms with Gasteiger partial charge in [-0.25, -0.2) is 0 Å². The van der Waals surface area contributed by atoms with Crippen molar-refractivity contribution in [3.8, 4) is 5.75 Å². The maximum atomic E-state index is 14.4. The molecule has 0 radical (unpaired) electrons. The van der Waals surface area contributed by atoms with Gasteiger partial charge < -0.3 is 139 Å². The van der Waals surface area contributed by atoms with Crippen molar-refractivity contribution in [3.63, 3.8) is 0 Å². The van der Waals surface area contributed by atoms with Crippen molar-refractivity contribution in [1.29, 1.82) is 0 Å². The van der Waals surface area contributed by atoms with Crippen LogP contribution in [0.4, 0.5) is 0 Å². The van der Waals surface area contributed by atoms with Gasteiger partial charge in [-0.05, 0) is 37.0 Å². The lowest BCUT2D eigenvalue weighted by Gasteiger charge is -2.42. The van der Waals surface area contributed by atoms with Crippen LogP contribution in [0.25, 0.3) is 0 Å². The van der Waals surface area contributed by atoms with Gasteiger partial charge in [-0.3, -0.25) is 33.7 Å². The van der Waals surface area contributed by atoms with Gasteiger partial charge in [0, 0.05) is 52.2 Å². The maximum absolute atomic E-state index is 14.4. The Hall–Kier alpha value is -4.39. The molecule has 3 saturated heterocycles. The Kier molecular flexibility index (Phi) is 39.2. The predicted molar refractivity (Wildman–Crippen MR) is 341 cm³/mol. The predicted octanol–water partition coefficient (Wildman–Crippen LogP) is -7.12. The number of amides is 6.